The number of aliphatic imine (C=N–C) groups is 1. The molecule has 1 aliphatic heterocycles. The summed E-state index contributed by atoms with van der Waals surface area (Å²) in [6.45, 7) is 0.198. The van der Waals surface area contributed by atoms with Crippen LogP contribution in [0.3, 0.4) is 0 Å². The van der Waals surface area contributed by atoms with Crippen LogP contribution in [0.4, 0.5) is 0 Å². The summed E-state index contributed by atoms with van der Waals surface area (Å²) < 4.78 is 17.6. The van der Waals surface area contributed by atoms with Crippen molar-refractivity contribution in [1.82, 2.24) is 0 Å². The molecule has 0 N–H and O–H groups in total. The van der Waals surface area contributed by atoms with Crippen LogP contribution in [0.5, 0.6) is 11.5 Å². The van der Waals surface area contributed by atoms with Crippen LogP contribution in [0.15, 0.2) is 59.2 Å². The minimum Gasteiger partial charge on any atom is -0.493 e. The Hall–Kier alpha value is -1.97. The highest BCUT2D eigenvalue weighted by atomic mass is 127. The predicted molar refractivity (Wildman–Crippen MR) is 144 cm³/mol. The maximum absolute atomic E-state index is 12.4. The minimum atomic E-state index is -0.597. The van der Waals surface area contributed by atoms with Gasteiger partial charge in [0.2, 0.25) is 5.90 Å². The SMILES string of the molecule is COc1cc(/C=C2\N=C(c3cc(I)ccc3Cl)OC2=O)cc(Cl)c1OCc1ccc(Cl)c(Cl)c1. The molecule has 34 heavy (non-hydrogen) atoms. The number of nitrogens with zero attached hydrogens (tertiary/aromatic N) is 1. The highest BCUT2D eigenvalue weighted by molar-refractivity contribution is 14.1. The average Bonchev–Trinajstić information content (AvgIpc) is 3.16. The zero-order chi connectivity index (χ0) is 24.4. The Kier molecular flexibility index (Phi) is 7.94. The first-order valence-corrected chi connectivity index (χ1v) is 12.3. The van der Waals surface area contributed by atoms with Crippen molar-refractivity contribution in [3.8, 4) is 11.5 Å². The molecule has 0 aliphatic carbocycles. The summed E-state index contributed by atoms with van der Waals surface area (Å²) in [6.07, 6.45) is 1.55. The maximum Gasteiger partial charge on any atom is 0.363 e. The van der Waals surface area contributed by atoms with Gasteiger partial charge in [-0.15, -0.1) is 0 Å². The molecule has 0 bridgehead atoms. The van der Waals surface area contributed by atoms with Crippen LogP contribution in [0.2, 0.25) is 20.1 Å². The molecule has 3 aromatic carbocycles. The van der Waals surface area contributed by atoms with Crippen molar-refractivity contribution in [3.63, 3.8) is 0 Å². The van der Waals surface area contributed by atoms with Gasteiger partial charge in [0, 0.05) is 3.57 Å². The molecule has 3 aromatic rings. The standard InChI is InChI=1S/C24H14Cl4INO4/c1-32-21-9-13(7-19(28)22(21)33-11-12-2-4-17(26)18(27)6-12)8-20-24(31)34-23(30-20)15-10-14(29)3-5-16(15)25/h2-10H,11H2,1H3/b20-8-. The largest absolute Gasteiger partial charge is 0.493 e. The highest BCUT2D eigenvalue weighted by Crippen LogP contribution is 2.38. The van der Waals surface area contributed by atoms with Gasteiger partial charge in [-0.2, -0.15) is 0 Å². The topological polar surface area (TPSA) is 57.1 Å². The first-order chi connectivity index (χ1) is 16.2. The van der Waals surface area contributed by atoms with Gasteiger partial charge in [-0.25, -0.2) is 9.79 Å². The summed E-state index contributed by atoms with van der Waals surface area (Å²) in [5.41, 5.74) is 2.03. The normalized spacial score (nSPS) is 14.2. The molecule has 174 valence electrons. The van der Waals surface area contributed by atoms with Gasteiger partial charge in [-0.05, 0) is 82.3 Å². The Balaban J connectivity index is 1.60. The van der Waals surface area contributed by atoms with E-state index in [1.807, 2.05) is 6.07 Å². The molecule has 0 saturated carbocycles. The van der Waals surface area contributed by atoms with Crippen LogP contribution < -0.4 is 9.47 Å². The summed E-state index contributed by atoms with van der Waals surface area (Å²) in [4.78, 5) is 16.7. The summed E-state index contributed by atoms with van der Waals surface area (Å²) in [5, 5.41) is 1.61. The van der Waals surface area contributed by atoms with E-state index >= 15 is 0 Å². The van der Waals surface area contributed by atoms with Gasteiger partial charge in [0.15, 0.2) is 17.2 Å². The molecule has 10 heteroatoms. The fraction of sp³-hybridized carbons (Fsp3) is 0.0833. The number of esters is 1. The Morgan fingerprint density at radius 3 is 2.47 bits per heavy atom. The first kappa shape index (κ1) is 25.1. The molecule has 0 unspecified atom stereocenters. The summed E-state index contributed by atoms with van der Waals surface area (Å²) in [5.74, 6) is 0.274. The van der Waals surface area contributed by atoms with E-state index in [9.17, 15) is 4.79 Å². The number of hydrogen-bond donors (Lipinski definition) is 0. The number of methoxy groups -OCH3 is 1. The van der Waals surface area contributed by atoms with E-state index in [4.69, 9.17) is 60.6 Å². The highest BCUT2D eigenvalue weighted by Gasteiger charge is 2.26. The van der Waals surface area contributed by atoms with Crippen molar-refractivity contribution in [2.45, 2.75) is 6.61 Å². The van der Waals surface area contributed by atoms with E-state index in [1.54, 1.807) is 48.5 Å². The van der Waals surface area contributed by atoms with E-state index in [-0.39, 0.29) is 18.2 Å². The lowest BCUT2D eigenvalue weighted by Crippen LogP contribution is -2.06. The van der Waals surface area contributed by atoms with Gasteiger partial charge in [0.25, 0.3) is 0 Å². The Morgan fingerprint density at radius 1 is 0.971 bits per heavy atom. The molecule has 0 amide bonds. The molecule has 0 aromatic heterocycles. The summed E-state index contributed by atoms with van der Waals surface area (Å²) in [7, 11) is 1.49. The third-order valence-corrected chi connectivity index (χ3v) is 6.72. The zero-order valence-electron chi connectivity index (χ0n) is 17.4. The van der Waals surface area contributed by atoms with Crippen LogP contribution in [-0.2, 0) is 16.1 Å². The van der Waals surface area contributed by atoms with Gasteiger partial charge in [-0.1, -0.05) is 52.5 Å². The number of benzene rings is 3. The number of hydrogen-bond acceptors (Lipinski definition) is 5. The fourth-order valence-corrected chi connectivity index (χ4v) is 4.38. The first-order valence-electron chi connectivity index (χ1n) is 9.67. The van der Waals surface area contributed by atoms with Crippen molar-refractivity contribution in [3.05, 3.63) is 94.6 Å². The van der Waals surface area contributed by atoms with E-state index in [2.05, 4.69) is 27.6 Å². The van der Waals surface area contributed by atoms with Crippen molar-refractivity contribution in [1.29, 1.82) is 0 Å². The second-order valence-corrected chi connectivity index (χ2v) is 9.91. The molecule has 5 nitrogen and oxygen atoms in total. The van der Waals surface area contributed by atoms with Crippen molar-refractivity contribution < 1.29 is 19.0 Å². The number of halogens is 5. The molecule has 1 heterocycles. The van der Waals surface area contributed by atoms with E-state index < -0.39 is 5.97 Å². The van der Waals surface area contributed by atoms with Gasteiger partial charge in [0.05, 0.1) is 32.8 Å². The maximum atomic E-state index is 12.4. The molecular weight excluding hydrogens is 635 g/mol. The number of cyclic esters (lactones) is 1. The third-order valence-electron chi connectivity index (χ3n) is 4.70. The second-order valence-electron chi connectivity index (χ2n) is 7.03. The van der Waals surface area contributed by atoms with Crippen LogP contribution in [-0.4, -0.2) is 19.0 Å². The third kappa shape index (κ3) is 5.63. The van der Waals surface area contributed by atoms with E-state index in [0.29, 0.717) is 42.7 Å². The van der Waals surface area contributed by atoms with Gasteiger partial charge in [0.1, 0.15) is 6.61 Å². The monoisotopic (exact) mass is 647 g/mol. The molecule has 0 spiro atoms. The lowest BCUT2D eigenvalue weighted by molar-refractivity contribution is -0.129. The van der Waals surface area contributed by atoms with Crippen LogP contribution in [0, 0.1) is 3.57 Å². The Morgan fingerprint density at radius 2 is 1.74 bits per heavy atom. The molecule has 0 radical (unpaired) electrons. The number of ether oxygens (including phenoxy) is 3. The van der Waals surface area contributed by atoms with Gasteiger partial charge < -0.3 is 14.2 Å². The minimum absolute atomic E-state index is 0.104. The molecular formula is C24H14Cl4INO4. The van der Waals surface area contributed by atoms with Gasteiger partial charge >= 0.3 is 5.97 Å². The second kappa shape index (κ2) is 10.7. The molecule has 1 aliphatic rings. The quantitative estimate of drug-likeness (QED) is 0.155. The average molecular weight is 649 g/mol. The fourth-order valence-electron chi connectivity index (χ4n) is 3.09. The smallest absolute Gasteiger partial charge is 0.363 e. The van der Waals surface area contributed by atoms with Crippen molar-refractivity contribution >= 4 is 86.9 Å². The molecule has 4 rings (SSSR count). The predicted octanol–water partition coefficient (Wildman–Crippen LogP) is 7.84. The van der Waals surface area contributed by atoms with Gasteiger partial charge in [-0.3, -0.25) is 0 Å². The Labute approximate surface area is 229 Å². The van der Waals surface area contributed by atoms with Crippen LogP contribution in [0.1, 0.15) is 16.7 Å². The van der Waals surface area contributed by atoms with E-state index in [1.165, 1.54) is 7.11 Å². The lowest BCUT2D eigenvalue weighted by atomic mass is 10.1. The van der Waals surface area contributed by atoms with Crippen LogP contribution >= 0.6 is 69.0 Å². The number of carbonyl (C=O) groups is 1. The number of carbonyl (C=O) groups excluding carboxylic acids is 1. The molecule has 0 fully saturated rings. The summed E-state index contributed by atoms with van der Waals surface area (Å²) >= 11 is 26.9. The summed E-state index contributed by atoms with van der Waals surface area (Å²) in [6, 6.07) is 13.9. The number of rotatable bonds is 6. The van der Waals surface area contributed by atoms with Crippen molar-refractivity contribution in [2.75, 3.05) is 7.11 Å². The van der Waals surface area contributed by atoms with E-state index in [0.717, 1.165) is 9.13 Å². The Bertz CT molecular complexity index is 1360. The van der Waals surface area contributed by atoms with Crippen LogP contribution in [0.25, 0.3) is 6.08 Å². The zero-order valence-corrected chi connectivity index (χ0v) is 22.6. The molecule has 0 saturated heterocycles. The van der Waals surface area contributed by atoms with Crippen molar-refractivity contribution in [2.24, 2.45) is 4.99 Å². The molecule has 0 atom stereocenters. The lowest BCUT2D eigenvalue weighted by Gasteiger charge is -2.14.